The SMILES string of the molecule is COc1cc(C(=O)CC(C)C)ccc1F. The minimum absolute atomic E-state index is 0.0169. The molecule has 0 aromatic heterocycles. The van der Waals surface area contributed by atoms with E-state index in [4.69, 9.17) is 4.74 Å². The maximum atomic E-state index is 13.1. The second-order valence-corrected chi connectivity index (χ2v) is 3.87. The van der Waals surface area contributed by atoms with Gasteiger partial charge in [-0.25, -0.2) is 4.39 Å². The fraction of sp³-hybridized carbons (Fsp3) is 0.417. The number of carbonyl (C=O) groups excluding carboxylic acids is 1. The number of benzene rings is 1. The Bertz CT molecular complexity index is 359. The number of carbonyl (C=O) groups is 1. The molecule has 15 heavy (non-hydrogen) atoms. The van der Waals surface area contributed by atoms with Gasteiger partial charge >= 0.3 is 0 Å². The van der Waals surface area contributed by atoms with Crippen molar-refractivity contribution in [2.45, 2.75) is 20.3 Å². The summed E-state index contributed by atoms with van der Waals surface area (Å²) in [7, 11) is 1.38. The molecule has 0 amide bonds. The van der Waals surface area contributed by atoms with Crippen molar-refractivity contribution in [1.82, 2.24) is 0 Å². The Morgan fingerprint density at radius 3 is 2.67 bits per heavy atom. The van der Waals surface area contributed by atoms with E-state index in [9.17, 15) is 9.18 Å². The summed E-state index contributed by atoms with van der Waals surface area (Å²) >= 11 is 0. The summed E-state index contributed by atoms with van der Waals surface area (Å²) in [4.78, 5) is 11.7. The zero-order valence-corrected chi connectivity index (χ0v) is 9.21. The van der Waals surface area contributed by atoms with E-state index in [0.717, 1.165) is 0 Å². The predicted molar refractivity (Wildman–Crippen MR) is 56.7 cm³/mol. The minimum atomic E-state index is -0.446. The lowest BCUT2D eigenvalue weighted by Crippen LogP contribution is -2.04. The molecule has 3 heteroatoms. The van der Waals surface area contributed by atoms with Crippen LogP contribution in [0.4, 0.5) is 4.39 Å². The monoisotopic (exact) mass is 210 g/mol. The van der Waals surface area contributed by atoms with E-state index in [2.05, 4.69) is 0 Å². The minimum Gasteiger partial charge on any atom is -0.494 e. The first kappa shape index (κ1) is 11.7. The number of rotatable bonds is 4. The molecule has 0 unspecified atom stereocenters. The molecule has 0 spiro atoms. The van der Waals surface area contributed by atoms with Crippen LogP contribution in [-0.2, 0) is 0 Å². The third-order valence-corrected chi connectivity index (χ3v) is 2.07. The first-order valence-corrected chi connectivity index (χ1v) is 4.91. The van der Waals surface area contributed by atoms with Gasteiger partial charge in [-0.3, -0.25) is 4.79 Å². The van der Waals surface area contributed by atoms with Gasteiger partial charge in [0.25, 0.3) is 0 Å². The summed E-state index contributed by atoms with van der Waals surface area (Å²) in [6.45, 7) is 3.94. The quantitative estimate of drug-likeness (QED) is 0.714. The number of hydrogen-bond acceptors (Lipinski definition) is 2. The van der Waals surface area contributed by atoms with Crippen molar-refractivity contribution in [2.75, 3.05) is 7.11 Å². The highest BCUT2D eigenvalue weighted by Gasteiger charge is 2.11. The summed E-state index contributed by atoms with van der Waals surface area (Å²) in [6.07, 6.45) is 0.467. The molecule has 0 fully saturated rings. The Hall–Kier alpha value is -1.38. The zero-order chi connectivity index (χ0) is 11.4. The lowest BCUT2D eigenvalue weighted by molar-refractivity contribution is 0.0967. The van der Waals surface area contributed by atoms with Gasteiger partial charge in [-0.15, -0.1) is 0 Å². The molecule has 0 heterocycles. The molecule has 0 saturated carbocycles. The Morgan fingerprint density at radius 2 is 2.13 bits per heavy atom. The van der Waals surface area contributed by atoms with Crippen molar-refractivity contribution < 1.29 is 13.9 Å². The van der Waals surface area contributed by atoms with E-state index in [1.165, 1.54) is 25.3 Å². The molecular weight excluding hydrogens is 195 g/mol. The number of ether oxygens (including phenoxy) is 1. The van der Waals surface area contributed by atoms with E-state index in [0.29, 0.717) is 17.9 Å². The Kier molecular flexibility index (Phi) is 3.83. The molecule has 1 aromatic rings. The van der Waals surface area contributed by atoms with Crippen molar-refractivity contribution in [3.8, 4) is 5.75 Å². The molecule has 82 valence electrons. The standard InChI is InChI=1S/C12H15FO2/c1-8(2)6-11(14)9-4-5-10(13)12(7-9)15-3/h4-5,7-8H,6H2,1-3H3. The zero-order valence-electron chi connectivity index (χ0n) is 9.21. The highest BCUT2D eigenvalue weighted by atomic mass is 19.1. The molecule has 0 atom stereocenters. The van der Waals surface area contributed by atoms with Gasteiger partial charge in [0.1, 0.15) is 0 Å². The Morgan fingerprint density at radius 1 is 1.47 bits per heavy atom. The largest absolute Gasteiger partial charge is 0.494 e. The molecule has 0 bridgehead atoms. The van der Waals surface area contributed by atoms with Gasteiger partial charge in [0.2, 0.25) is 0 Å². The number of Topliss-reactive ketones (excluding diaryl/α,β-unsaturated/α-hetero) is 1. The molecule has 0 aliphatic heterocycles. The van der Waals surface area contributed by atoms with Crippen LogP contribution in [0.1, 0.15) is 30.6 Å². The van der Waals surface area contributed by atoms with E-state index < -0.39 is 5.82 Å². The van der Waals surface area contributed by atoms with Crippen LogP contribution in [0.15, 0.2) is 18.2 Å². The Balaban J connectivity index is 2.91. The lowest BCUT2D eigenvalue weighted by Gasteiger charge is -2.06. The van der Waals surface area contributed by atoms with E-state index in [1.807, 2.05) is 13.8 Å². The fourth-order valence-corrected chi connectivity index (χ4v) is 1.32. The first-order valence-electron chi connectivity index (χ1n) is 4.91. The molecule has 2 nitrogen and oxygen atoms in total. The van der Waals surface area contributed by atoms with Crippen LogP contribution in [0.25, 0.3) is 0 Å². The third-order valence-electron chi connectivity index (χ3n) is 2.07. The lowest BCUT2D eigenvalue weighted by atomic mass is 10.0. The number of methoxy groups -OCH3 is 1. The van der Waals surface area contributed by atoms with Gasteiger partial charge < -0.3 is 4.74 Å². The number of hydrogen-bond donors (Lipinski definition) is 0. The molecule has 0 aliphatic rings. The average Bonchev–Trinajstić information content (AvgIpc) is 2.17. The summed E-state index contributed by atoms with van der Waals surface area (Å²) in [5.74, 6) is -0.0138. The van der Waals surface area contributed by atoms with Gasteiger partial charge in [-0.2, -0.15) is 0 Å². The van der Waals surface area contributed by atoms with Crippen molar-refractivity contribution in [3.05, 3.63) is 29.6 Å². The van der Waals surface area contributed by atoms with Gasteiger partial charge in [0.15, 0.2) is 17.3 Å². The molecule has 0 saturated heterocycles. The van der Waals surface area contributed by atoms with Gasteiger partial charge in [0, 0.05) is 12.0 Å². The highest BCUT2D eigenvalue weighted by molar-refractivity contribution is 5.96. The van der Waals surface area contributed by atoms with Crippen LogP contribution in [0.5, 0.6) is 5.75 Å². The number of halogens is 1. The molecule has 0 aliphatic carbocycles. The summed E-state index contributed by atoms with van der Waals surface area (Å²) in [5.41, 5.74) is 0.502. The summed E-state index contributed by atoms with van der Waals surface area (Å²) in [5, 5.41) is 0. The van der Waals surface area contributed by atoms with E-state index in [1.54, 1.807) is 0 Å². The smallest absolute Gasteiger partial charge is 0.165 e. The normalized spacial score (nSPS) is 10.5. The maximum Gasteiger partial charge on any atom is 0.165 e. The highest BCUT2D eigenvalue weighted by Crippen LogP contribution is 2.20. The first-order chi connectivity index (χ1) is 7.04. The van der Waals surface area contributed by atoms with Crippen LogP contribution in [0, 0.1) is 11.7 Å². The van der Waals surface area contributed by atoms with Crippen LogP contribution < -0.4 is 4.74 Å². The summed E-state index contributed by atoms with van der Waals surface area (Å²) in [6, 6.07) is 4.19. The van der Waals surface area contributed by atoms with Gasteiger partial charge in [-0.05, 0) is 24.1 Å². The van der Waals surface area contributed by atoms with Crippen molar-refractivity contribution in [2.24, 2.45) is 5.92 Å². The second-order valence-electron chi connectivity index (χ2n) is 3.87. The average molecular weight is 210 g/mol. The molecule has 1 aromatic carbocycles. The van der Waals surface area contributed by atoms with Crippen LogP contribution in [-0.4, -0.2) is 12.9 Å². The van der Waals surface area contributed by atoms with E-state index >= 15 is 0 Å². The molecular formula is C12H15FO2. The van der Waals surface area contributed by atoms with Crippen LogP contribution in [0.3, 0.4) is 0 Å². The maximum absolute atomic E-state index is 13.1. The molecule has 0 radical (unpaired) electrons. The van der Waals surface area contributed by atoms with Crippen molar-refractivity contribution in [3.63, 3.8) is 0 Å². The third kappa shape index (κ3) is 3.05. The van der Waals surface area contributed by atoms with E-state index in [-0.39, 0.29) is 11.5 Å². The topological polar surface area (TPSA) is 26.3 Å². The summed E-state index contributed by atoms with van der Waals surface area (Å²) < 4.78 is 17.9. The second kappa shape index (κ2) is 4.91. The molecule has 1 rings (SSSR count). The van der Waals surface area contributed by atoms with Crippen molar-refractivity contribution >= 4 is 5.78 Å². The van der Waals surface area contributed by atoms with Gasteiger partial charge in [0.05, 0.1) is 7.11 Å². The number of ketones is 1. The Labute approximate surface area is 89.1 Å². The van der Waals surface area contributed by atoms with Crippen molar-refractivity contribution in [1.29, 1.82) is 0 Å². The predicted octanol–water partition coefficient (Wildman–Crippen LogP) is 3.06. The van der Waals surface area contributed by atoms with Gasteiger partial charge in [-0.1, -0.05) is 13.8 Å². The fourth-order valence-electron chi connectivity index (χ4n) is 1.32. The molecule has 0 N–H and O–H groups in total. The van der Waals surface area contributed by atoms with Crippen LogP contribution in [0.2, 0.25) is 0 Å². The van der Waals surface area contributed by atoms with Crippen LogP contribution >= 0.6 is 0 Å².